The Bertz CT molecular complexity index is 305. The second-order valence-corrected chi connectivity index (χ2v) is 2.57. The van der Waals surface area contributed by atoms with E-state index in [0.29, 0.717) is 18.8 Å². The molecule has 0 aliphatic carbocycles. The van der Waals surface area contributed by atoms with Gasteiger partial charge < -0.3 is 16.2 Å². The minimum absolute atomic E-state index is 0. The number of carbonyl (C=O) groups is 1. The molecule has 0 aliphatic heterocycles. The van der Waals surface area contributed by atoms with E-state index >= 15 is 0 Å². The summed E-state index contributed by atoms with van der Waals surface area (Å²) < 4.78 is 0. The molecule has 0 radical (unpaired) electrons. The van der Waals surface area contributed by atoms with Crippen molar-refractivity contribution in [2.75, 3.05) is 18.4 Å². The number of para-hydroxylation sites is 1. The van der Waals surface area contributed by atoms with Crippen molar-refractivity contribution in [3.05, 3.63) is 29.8 Å². The van der Waals surface area contributed by atoms with Crippen LogP contribution in [0.3, 0.4) is 0 Å². The number of carboxylic acids is 1. The summed E-state index contributed by atoms with van der Waals surface area (Å²) in [4.78, 5) is 10.7. The van der Waals surface area contributed by atoms with Gasteiger partial charge in [0.2, 0.25) is 0 Å². The zero-order valence-electron chi connectivity index (χ0n) is 7.56. The van der Waals surface area contributed by atoms with Gasteiger partial charge in [-0.15, -0.1) is 12.4 Å². The van der Waals surface area contributed by atoms with E-state index in [9.17, 15) is 4.79 Å². The lowest BCUT2D eigenvalue weighted by Gasteiger charge is -2.07. The molecule has 78 valence electrons. The molecule has 0 bridgehead atoms. The smallest absolute Gasteiger partial charge is 0.337 e. The number of benzene rings is 1. The summed E-state index contributed by atoms with van der Waals surface area (Å²) in [6, 6.07) is 6.75. The first-order valence-electron chi connectivity index (χ1n) is 4.02. The maximum atomic E-state index is 10.7. The Hall–Kier alpha value is -1.26. The van der Waals surface area contributed by atoms with Crippen molar-refractivity contribution < 1.29 is 9.90 Å². The molecule has 4 nitrogen and oxygen atoms in total. The van der Waals surface area contributed by atoms with Crippen molar-refractivity contribution in [2.24, 2.45) is 5.73 Å². The molecule has 0 aliphatic rings. The first-order valence-corrected chi connectivity index (χ1v) is 4.02. The second kappa shape index (κ2) is 6.23. The van der Waals surface area contributed by atoms with Gasteiger partial charge in [-0.1, -0.05) is 12.1 Å². The van der Waals surface area contributed by atoms with Crippen LogP contribution in [0.25, 0.3) is 0 Å². The molecular formula is C9H13ClN2O2. The number of nitrogens with one attached hydrogen (secondary N) is 1. The van der Waals surface area contributed by atoms with Crippen LogP contribution in [-0.2, 0) is 0 Å². The van der Waals surface area contributed by atoms with Crippen LogP contribution in [0.4, 0.5) is 5.69 Å². The molecule has 0 fully saturated rings. The van der Waals surface area contributed by atoms with Gasteiger partial charge in [0, 0.05) is 18.8 Å². The maximum Gasteiger partial charge on any atom is 0.337 e. The Morgan fingerprint density at radius 3 is 2.64 bits per heavy atom. The Morgan fingerprint density at radius 2 is 2.07 bits per heavy atom. The monoisotopic (exact) mass is 216 g/mol. The average molecular weight is 217 g/mol. The third-order valence-electron chi connectivity index (χ3n) is 1.62. The molecule has 14 heavy (non-hydrogen) atoms. The quantitative estimate of drug-likeness (QED) is 0.707. The molecule has 0 heterocycles. The molecule has 0 spiro atoms. The number of carboxylic acid groups (broad SMARTS) is 1. The fraction of sp³-hybridized carbons (Fsp3) is 0.222. The third-order valence-corrected chi connectivity index (χ3v) is 1.62. The first kappa shape index (κ1) is 12.7. The van der Waals surface area contributed by atoms with Gasteiger partial charge in [0.15, 0.2) is 0 Å². The molecule has 0 saturated carbocycles. The van der Waals surface area contributed by atoms with Crippen molar-refractivity contribution in [2.45, 2.75) is 0 Å². The highest BCUT2D eigenvalue weighted by Gasteiger charge is 2.07. The number of halogens is 1. The van der Waals surface area contributed by atoms with E-state index in [4.69, 9.17) is 10.8 Å². The van der Waals surface area contributed by atoms with Crippen LogP contribution in [0.1, 0.15) is 10.4 Å². The van der Waals surface area contributed by atoms with Crippen LogP contribution in [-0.4, -0.2) is 24.2 Å². The molecule has 0 aromatic heterocycles. The van der Waals surface area contributed by atoms with E-state index in [1.165, 1.54) is 0 Å². The minimum Gasteiger partial charge on any atom is -0.478 e. The summed E-state index contributed by atoms with van der Waals surface area (Å²) in [6.07, 6.45) is 0. The van der Waals surface area contributed by atoms with Gasteiger partial charge in [0.25, 0.3) is 0 Å². The van der Waals surface area contributed by atoms with Crippen molar-refractivity contribution in [3.63, 3.8) is 0 Å². The Labute approximate surface area is 88.5 Å². The zero-order valence-corrected chi connectivity index (χ0v) is 8.38. The van der Waals surface area contributed by atoms with Crippen molar-refractivity contribution >= 4 is 24.1 Å². The predicted molar refractivity (Wildman–Crippen MR) is 58.2 cm³/mol. The first-order chi connectivity index (χ1) is 6.25. The van der Waals surface area contributed by atoms with Crippen LogP contribution in [0.2, 0.25) is 0 Å². The minimum atomic E-state index is -0.930. The molecule has 4 N–H and O–H groups in total. The molecule has 0 saturated heterocycles. The topological polar surface area (TPSA) is 75.3 Å². The van der Waals surface area contributed by atoms with Crippen molar-refractivity contribution in [3.8, 4) is 0 Å². The summed E-state index contributed by atoms with van der Waals surface area (Å²) in [5, 5.41) is 11.7. The fourth-order valence-corrected chi connectivity index (χ4v) is 1.03. The molecule has 1 aromatic carbocycles. The van der Waals surface area contributed by atoms with Gasteiger partial charge in [-0.25, -0.2) is 4.79 Å². The number of hydrogen-bond acceptors (Lipinski definition) is 3. The van der Waals surface area contributed by atoms with Crippen LogP contribution in [0.15, 0.2) is 24.3 Å². The molecule has 5 heteroatoms. The maximum absolute atomic E-state index is 10.7. The number of nitrogens with two attached hydrogens (primary N) is 1. The summed E-state index contributed by atoms with van der Waals surface area (Å²) in [7, 11) is 0. The van der Waals surface area contributed by atoms with E-state index in [1.54, 1.807) is 24.3 Å². The van der Waals surface area contributed by atoms with Gasteiger partial charge in [-0.3, -0.25) is 0 Å². The molecule has 1 rings (SSSR count). The molecule has 0 unspecified atom stereocenters. The predicted octanol–water partition coefficient (Wildman–Crippen LogP) is 1.18. The largest absolute Gasteiger partial charge is 0.478 e. The Balaban J connectivity index is 0.00000169. The van der Waals surface area contributed by atoms with Crippen LogP contribution >= 0.6 is 12.4 Å². The Kier molecular flexibility index (Phi) is 5.67. The van der Waals surface area contributed by atoms with Gasteiger partial charge >= 0.3 is 5.97 Å². The lowest BCUT2D eigenvalue weighted by molar-refractivity contribution is 0.0698. The highest BCUT2D eigenvalue weighted by Crippen LogP contribution is 2.13. The molecule has 0 amide bonds. The summed E-state index contributed by atoms with van der Waals surface area (Å²) in [5.74, 6) is -0.930. The van der Waals surface area contributed by atoms with Gasteiger partial charge in [0.1, 0.15) is 0 Å². The highest BCUT2D eigenvalue weighted by atomic mass is 35.5. The SMILES string of the molecule is Cl.NCCNc1ccccc1C(=O)O. The fourth-order valence-electron chi connectivity index (χ4n) is 1.03. The molecule has 0 atom stereocenters. The number of rotatable bonds is 4. The van der Waals surface area contributed by atoms with Crippen molar-refractivity contribution in [1.29, 1.82) is 0 Å². The van der Waals surface area contributed by atoms with Gasteiger partial charge in [0.05, 0.1) is 5.56 Å². The summed E-state index contributed by atoms with van der Waals surface area (Å²) in [6.45, 7) is 1.05. The van der Waals surface area contributed by atoms with Gasteiger partial charge in [-0.05, 0) is 12.1 Å². The average Bonchev–Trinajstić information content (AvgIpc) is 2.15. The molecule has 1 aromatic rings. The third kappa shape index (κ3) is 3.24. The summed E-state index contributed by atoms with van der Waals surface area (Å²) in [5.41, 5.74) is 6.18. The number of anilines is 1. The van der Waals surface area contributed by atoms with E-state index in [2.05, 4.69) is 5.32 Å². The van der Waals surface area contributed by atoms with Gasteiger partial charge in [-0.2, -0.15) is 0 Å². The normalized spacial score (nSPS) is 8.93. The van der Waals surface area contributed by atoms with E-state index in [1.807, 2.05) is 0 Å². The van der Waals surface area contributed by atoms with E-state index in [0.717, 1.165) is 0 Å². The zero-order chi connectivity index (χ0) is 9.68. The van der Waals surface area contributed by atoms with Crippen LogP contribution in [0, 0.1) is 0 Å². The van der Waals surface area contributed by atoms with Crippen molar-refractivity contribution in [1.82, 2.24) is 0 Å². The lowest BCUT2D eigenvalue weighted by Crippen LogP contribution is -2.15. The van der Waals surface area contributed by atoms with Crippen LogP contribution in [0.5, 0.6) is 0 Å². The van der Waals surface area contributed by atoms with E-state index in [-0.39, 0.29) is 18.0 Å². The lowest BCUT2D eigenvalue weighted by atomic mass is 10.2. The number of hydrogen-bond donors (Lipinski definition) is 3. The van der Waals surface area contributed by atoms with E-state index < -0.39 is 5.97 Å². The second-order valence-electron chi connectivity index (χ2n) is 2.57. The molecular weight excluding hydrogens is 204 g/mol. The standard InChI is InChI=1S/C9H12N2O2.ClH/c10-5-6-11-8-4-2-1-3-7(8)9(12)13;/h1-4,11H,5-6,10H2,(H,12,13);1H. The number of aromatic carboxylic acids is 1. The summed E-state index contributed by atoms with van der Waals surface area (Å²) >= 11 is 0. The van der Waals surface area contributed by atoms with Crippen LogP contribution < -0.4 is 11.1 Å². The highest BCUT2D eigenvalue weighted by molar-refractivity contribution is 5.94. The Morgan fingerprint density at radius 1 is 1.43 bits per heavy atom.